The average Bonchev–Trinajstić information content (AvgIpc) is 2.57. The molecule has 5 heteroatoms. The lowest BCUT2D eigenvalue weighted by atomic mass is 10.3. The first kappa shape index (κ1) is 14.7. The van der Waals surface area contributed by atoms with E-state index in [1.165, 1.54) is 5.69 Å². The molecular weight excluding hydrogens is 282 g/mol. The Balaban J connectivity index is 2.80. The Morgan fingerprint density at radius 1 is 1.53 bits per heavy atom. The lowest BCUT2D eigenvalue weighted by Gasteiger charge is -2.24. The highest BCUT2D eigenvalue weighted by Crippen LogP contribution is 2.22. The maximum atomic E-state index is 5.18. The van der Waals surface area contributed by atoms with Crippen molar-refractivity contribution < 1.29 is 4.74 Å². The highest BCUT2D eigenvalue weighted by molar-refractivity contribution is 9.10. The number of hydrogen-bond donors (Lipinski definition) is 0. The van der Waals surface area contributed by atoms with Crippen LogP contribution in [0.25, 0.3) is 0 Å². The van der Waals surface area contributed by atoms with Crippen molar-refractivity contribution in [2.75, 3.05) is 20.8 Å². The number of aromatic nitrogens is 2. The molecule has 0 bridgehead atoms. The average molecular weight is 304 g/mol. The van der Waals surface area contributed by atoms with Crippen LogP contribution in [0.5, 0.6) is 0 Å². The fourth-order valence-electron chi connectivity index (χ4n) is 1.78. The van der Waals surface area contributed by atoms with Gasteiger partial charge in [-0.3, -0.25) is 9.58 Å². The number of hydrogen-bond acceptors (Lipinski definition) is 3. The summed E-state index contributed by atoms with van der Waals surface area (Å²) in [6.07, 6.45) is 0. The second-order valence-electron chi connectivity index (χ2n) is 4.38. The molecule has 0 amide bonds. The summed E-state index contributed by atoms with van der Waals surface area (Å²) in [4.78, 5) is 2.27. The van der Waals surface area contributed by atoms with E-state index in [0.29, 0.717) is 6.04 Å². The minimum atomic E-state index is 0.396. The number of aryl methyl sites for hydroxylation is 2. The summed E-state index contributed by atoms with van der Waals surface area (Å²) in [7, 11) is 3.85. The Morgan fingerprint density at radius 2 is 2.18 bits per heavy atom. The van der Waals surface area contributed by atoms with E-state index in [2.05, 4.69) is 51.5 Å². The number of methoxy groups -OCH3 is 1. The van der Waals surface area contributed by atoms with Gasteiger partial charge >= 0.3 is 0 Å². The molecule has 1 heterocycles. The van der Waals surface area contributed by atoms with Crippen LogP contribution < -0.4 is 0 Å². The first-order chi connectivity index (χ1) is 8.01. The van der Waals surface area contributed by atoms with Crippen LogP contribution in [0.2, 0.25) is 0 Å². The highest BCUT2D eigenvalue weighted by atomic mass is 79.9. The van der Waals surface area contributed by atoms with E-state index >= 15 is 0 Å². The molecule has 0 aromatic carbocycles. The van der Waals surface area contributed by atoms with Crippen molar-refractivity contribution in [3.63, 3.8) is 0 Å². The topological polar surface area (TPSA) is 30.3 Å². The Bertz CT molecular complexity index is 365. The third kappa shape index (κ3) is 3.53. The predicted octanol–water partition coefficient (Wildman–Crippen LogP) is 2.44. The zero-order valence-corrected chi connectivity index (χ0v) is 12.9. The van der Waals surface area contributed by atoms with E-state index in [-0.39, 0.29) is 0 Å². The molecule has 1 rings (SSSR count). The number of halogens is 1. The molecule has 1 unspecified atom stereocenters. The minimum absolute atomic E-state index is 0.396. The molecule has 0 radical (unpaired) electrons. The van der Waals surface area contributed by atoms with Gasteiger partial charge in [-0.2, -0.15) is 5.10 Å². The summed E-state index contributed by atoms with van der Waals surface area (Å²) in [5, 5.41) is 4.50. The van der Waals surface area contributed by atoms with Crippen molar-refractivity contribution in [2.45, 2.75) is 39.9 Å². The van der Waals surface area contributed by atoms with Crippen molar-refractivity contribution in [3.8, 4) is 0 Å². The van der Waals surface area contributed by atoms with E-state index in [1.807, 2.05) is 6.92 Å². The van der Waals surface area contributed by atoms with Crippen LogP contribution >= 0.6 is 15.9 Å². The molecule has 0 aliphatic rings. The Hall–Kier alpha value is -0.390. The quantitative estimate of drug-likeness (QED) is 0.808. The van der Waals surface area contributed by atoms with Crippen molar-refractivity contribution in [3.05, 3.63) is 15.9 Å². The molecule has 1 atom stereocenters. The van der Waals surface area contributed by atoms with Gasteiger partial charge in [0, 0.05) is 26.2 Å². The van der Waals surface area contributed by atoms with Crippen LogP contribution in [0.4, 0.5) is 0 Å². The zero-order chi connectivity index (χ0) is 13.0. The lowest BCUT2D eigenvalue weighted by Crippen LogP contribution is -2.33. The van der Waals surface area contributed by atoms with Gasteiger partial charge in [0.2, 0.25) is 0 Å². The van der Waals surface area contributed by atoms with Gasteiger partial charge in [-0.25, -0.2) is 0 Å². The van der Waals surface area contributed by atoms with Crippen LogP contribution in [0.3, 0.4) is 0 Å². The van der Waals surface area contributed by atoms with Gasteiger partial charge in [0.1, 0.15) is 0 Å². The minimum Gasteiger partial charge on any atom is -0.383 e. The third-order valence-corrected chi connectivity index (χ3v) is 4.04. The Kier molecular flexibility index (Phi) is 5.62. The number of ether oxygens (including phenoxy) is 1. The summed E-state index contributed by atoms with van der Waals surface area (Å²) in [5.41, 5.74) is 2.28. The smallest absolute Gasteiger partial charge is 0.0739 e. The SMILES string of the molecule is CCn1nc(C)c(Br)c1CN(C)C(C)COC. The molecule has 0 fully saturated rings. The van der Waals surface area contributed by atoms with Crippen LogP contribution in [0, 0.1) is 6.92 Å². The normalized spacial score (nSPS) is 13.4. The molecule has 0 saturated heterocycles. The number of likely N-dealkylation sites (N-methyl/N-ethyl adjacent to an activating group) is 1. The highest BCUT2D eigenvalue weighted by Gasteiger charge is 2.16. The molecule has 0 aliphatic carbocycles. The molecule has 0 saturated carbocycles. The molecule has 17 heavy (non-hydrogen) atoms. The van der Waals surface area contributed by atoms with E-state index in [1.54, 1.807) is 7.11 Å². The van der Waals surface area contributed by atoms with Crippen LogP contribution in [0.15, 0.2) is 4.47 Å². The molecule has 0 aliphatic heterocycles. The van der Waals surface area contributed by atoms with E-state index in [9.17, 15) is 0 Å². The second kappa shape index (κ2) is 6.52. The van der Waals surface area contributed by atoms with Crippen molar-refractivity contribution >= 4 is 15.9 Å². The van der Waals surface area contributed by atoms with Gasteiger partial charge in [0.25, 0.3) is 0 Å². The third-order valence-electron chi connectivity index (χ3n) is 3.01. The fraction of sp³-hybridized carbons (Fsp3) is 0.750. The monoisotopic (exact) mass is 303 g/mol. The van der Waals surface area contributed by atoms with Gasteiger partial charge < -0.3 is 4.74 Å². The molecule has 4 nitrogen and oxygen atoms in total. The van der Waals surface area contributed by atoms with E-state index < -0.39 is 0 Å². The lowest BCUT2D eigenvalue weighted by molar-refractivity contribution is 0.110. The summed E-state index contributed by atoms with van der Waals surface area (Å²) in [6.45, 7) is 8.82. The number of nitrogens with zero attached hydrogens (tertiary/aromatic N) is 3. The van der Waals surface area contributed by atoms with Crippen molar-refractivity contribution in [1.82, 2.24) is 14.7 Å². The first-order valence-electron chi connectivity index (χ1n) is 5.92. The summed E-state index contributed by atoms with van der Waals surface area (Å²) in [6, 6.07) is 0.396. The standard InChI is InChI=1S/C12H22BrN3O/c1-6-16-11(12(13)10(3)14-16)7-15(4)9(2)8-17-5/h9H,6-8H2,1-5H3. The predicted molar refractivity (Wildman–Crippen MR) is 73.1 cm³/mol. The summed E-state index contributed by atoms with van der Waals surface area (Å²) in [5.74, 6) is 0. The van der Waals surface area contributed by atoms with Gasteiger partial charge in [0.15, 0.2) is 0 Å². The van der Waals surface area contributed by atoms with Gasteiger partial charge in [-0.1, -0.05) is 0 Å². The maximum absolute atomic E-state index is 5.18. The fourth-order valence-corrected chi connectivity index (χ4v) is 2.19. The summed E-state index contributed by atoms with van der Waals surface area (Å²) < 4.78 is 8.35. The number of rotatable bonds is 6. The molecular formula is C12H22BrN3O. The van der Waals surface area contributed by atoms with Gasteiger partial charge in [-0.15, -0.1) is 0 Å². The van der Waals surface area contributed by atoms with Gasteiger partial charge in [-0.05, 0) is 43.7 Å². The van der Waals surface area contributed by atoms with Crippen molar-refractivity contribution in [1.29, 1.82) is 0 Å². The Labute approximate surface area is 112 Å². The first-order valence-corrected chi connectivity index (χ1v) is 6.71. The zero-order valence-electron chi connectivity index (χ0n) is 11.3. The van der Waals surface area contributed by atoms with E-state index in [0.717, 1.165) is 29.9 Å². The Morgan fingerprint density at radius 3 is 2.71 bits per heavy atom. The van der Waals surface area contributed by atoms with Crippen molar-refractivity contribution in [2.24, 2.45) is 0 Å². The van der Waals surface area contributed by atoms with Crippen LogP contribution in [0.1, 0.15) is 25.2 Å². The molecule has 0 spiro atoms. The van der Waals surface area contributed by atoms with Crippen LogP contribution in [-0.2, 0) is 17.8 Å². The summed E-state index contributed by atoms with van der Waals surface area (Å²) >= 11 is 3.62. The molecule has 1 aromatic heterocycles. The van der Waals surface area contributed by atoms with E-state index in [4.69, 9.17) is 4.74 Å². The van der Waals surface area contributed by atoms with Crippen LogP contribution in [-0.4, -0.2) is 41.5 Å². The molecule has 98 valence electrons. The largest absolute Gasteiger partial charge is 0.383 e. The van der Waals surface area contributed by atoms with Gasteiger partial charge in [0.05, 0.1) is 22.5 Å². The molecule has 0 N–H and O–H groups in total. The molecule has 1 aromatic rings. The second-order valence-corrected chi connectivity index (χ2v) is 5.17. The maximum Gasteiger partial charge on any atom is 0.0739 e.